The van der Waals surface area contributed by atoms with Gasteiger partial charge in [0.2, 0.25) is 0 Å². The lowest BCUT2D eigenvalue weighted by molar-refractivity contribution is -0.119. The smallest absolute Gasteiger partial charge is 0.166 e. The van der Waals surface area contributed by atoms with Crippen LogP contribution in [0.15, 0.2) is 22.8 Å². The average Bonchev–Trinajstić information content (AvgIpc) is 2.57. The third-order valence-electron chi connectivity index (χ3n) is 2.81. The zero-order valence-electron chi connectivity index (χ0n) is 9.51. The van der Waals surface area contributed by atoms with Crippen LogP contribution >= 0.6 is 0 Å². The number of aldehydes is 1. The molecule has 82 valence electrons. The second kappa shape index (κ2) is 5.64. The molecule has 0 N–H and O–H groups in total. The summed E-state index contributed by atoms with van der Waals surface area (Å²) in [7, 11) is 0. The first-order chi connectivity index (χ1) is 7.19. The van der Waals surface area contributed by atoms with E-state index in [2.05, 4.69) is 6.92 Å². The Morgan fingerprint density at radius 1 is 1.53 bits per heavy atom. The fraction of sp³-hybridized carbons (Fsp3) is 0.538. The number of rotatable bonds is 6. The maximum absolute atomic E-state index is 11.5. The molecule has 1 aliphatic rings. The molecule has 2 heteroatoms. The van der Waals surface area contributed by atoms with Crippen LogP contribution in [-0.4, -0.2) is 12.1 Å². The quantitative estimate of drug-likeness (QED) is 0.494. The maximum atomic E-state index is 11.5. The Morgan fingerprint density at radius 3 is 2.87 bits per heavy atom. The summed E-state index contributed by atoms with van der Waals surface area (Å²) in [5, 5.41) is 0. The number of Topliss-reactive ketones (excluding diaryl/α,β-unsaturated/α-hetero) is 1. The van der Waals surface area contributed by atoms with Gasteiger partial charge in [0, 0.05) is 0 Å². The van der Waals surface area contributed by atoms with E-state index in [4.69, 9.17) is 0 Å². The summed E-state index contributed by atoms with van der Waals surface area (Å²) >= 11 is 0. The minimum atomic E-state index is -0.0177. The van der Waals surface area contributed by atoms with Crippen LogP contribution in [0.25, 0.3) is 0 Å². The number of carbonyl (C=O) groups is 2. The summed E-state index contributed by atoms with van der Waals surface area (Å²) in [6.07, 6.45) is 6.85. The molecule has 0 spiro atoms. The lowest BCUT2D eigenvalue weighted by atomic mass is 10.0. The lowest BCUT2D eigenvalue weighted by Crippen LogP contribution is -2.01. The minimum Gasteiger partial charge on any atom is -0.303 e. The number of allylic oxidation sites excluding steroid dienone is 4. The van der Waals surface area contributed by atoms with E-state index in [9.17, 15) is 9.59 Å². The van der Waals surface area contributed by atoms with E-state index in [1.807, 2.05) is 13.0 Å². The van der Waals surface area contributed by atoms with E-state index in [0.717, 1.165) is 18.4 Å². The molecule has 0 aliphatic heterocycles. The molecule has 15 heavy (non-hydrogen) atoms. The van der Waals surface area contributed by atoms with Crippen molar-refractivity contribution in [3.8, 4) is 0 Å². The topological polar surface area (TPSA) is 34.1 Å². The zero-order valence-corrected chi connectivity index (χ0v) is 9.51. The van der Waals surface area contributed by atoms with E-state index in [1.165, 1.54) is 24.0 Å². The van der Waals surface area contributed by atoms with Gasteiger partial charge in [-0.15, -0.1) is 0 Å². The van der Waals surface area contributed by atoms with Crippen molar-refractivity contribution in [2.75, 3.05) is 0 Å². The van der Waals surface area contributed by atoms with Crippen LogP contribution in [-0.2, 0) is 9.59 Å². The van der Waals surface area contributed by atoms with E-state index >= 15 is 0 Å². The predicted octanol–water partition coefficient (Wildman–Crippen LogP) is 2.98. The van der Waals surface area contributed by atoms with Crippen LogP contribution < -0.4 is 0 Å². The Hall–Kier alpha value is -1.18. The number of ketones is 1. The van der Waals surface area contributed by atoms with E-state index in [0.29, 0.717) is 6.29 Å². The van der Waals surface area contributed by atoms with Gasteiger partial charge in [-0.25, -0.2) is 0 Å². The molecule has 2 nitrogen and oxygen atoms in total. The molecule has 0 aromatic rings. The van der Waals surface area contributed by atoms with E-state index in [-0.39, 0.29) is 12.2 Å². The first-order valence-electron chi connectivity index (χ1n) is 5.55. The Kier molecular flexibility index (Phi) is 4.47. The monoisotopic (exact) mass is 206 g/mol. The van der Waals surface area contributed by atoms with Crippen LogP contribution in [0.1, 0.15) is 46.0 Å². The summed E-state index contributed by atoms with van der Waals surface area (Å²) < 4.78 is 0. The van der Waals surface area contributed by atoms with Gasteiger partial charge in [0.1, 0.15) is 6.29 Å². The van der Waals surface area contributed by atoms with Crippen molar-refractivity contribution in [2.45, 2.75) is 46.0 Å². The number of hydrogen-bond acceptors (Lipinski definition) is 2. The van der Waals surface area contributed by atoms with Gasteiger partial charge in [0.25, 0.3) is 0 Å². The molecule has 0 amide bonds. The normalized spacial score (nSPS) is 15.5. The summed E-state index contributed by atoms with van der Waals surface area (Å²) in [5.41, 5.74) is 3.40. The van der Waals surface area contributed by atoms with Gasteiger partial charge in [-0.3, -0.25) is 4.79 Å². The summed E-state index contributed by atoms with van der Waals surface area (Å²) in [6, 6.07) is 0. The second-order valence-electron chi connectivity index (χ2n) is 4.03. The van der Waals surface area contributed by atoms with E-state index < -0.39 is 0 Å². The highest BCUT2D eigenvalue weighted by molar-refractivity contribution is 6.03. The highest BCUT2D eigenvalue weighted by atomic mass is 16.1. The predicted molar refractivity (Wildman–Crippen MR) is 60.6 cm³/mol. The summed E-state index contributed by atoms with van der Waals surface area (Å²) in [5.74, 6) is -0.0177. The highest BCUT2D eigenvalue weighted by Crippen LogP contribution is 2.29. The van der Waals surface area contributed by atoms with Gasteiger partial charge in [-0.2, -0.15) is 0 Å². The lowest BCUT2D eigenvalue weighted by Gasteiger charge is -2.03. The number of carbonyl (C=O) groups excluding carboxylic acids is 2. The van der Waals surface area contributed by atoms with Crippen LogP contribution in [0, 0.1) is 0 Å². The third-order valence-corrected chi connectivity index (χ3v) is 2.81. The first kappa shape index (κ1) is 11.9. The maximum Gasteiger partial charge on any atom is 0.166 e. The van der Waals surface area contributed by atoms with Crippen molar-refractivity contribution in [1.82, 2.24) is 0 Å². The van der Waals surface area contributed by atoms with Gasteiger partial charge >= 0.3 is 0 Å². The number of unbranched alkanes of at least 4 members (excludes halogenated alkanes) is 1. The molecule has 0 heterocycles. The molecule has 0 fully saturated rings. The molecule has 1 rings (SSSR count). The van der Waals surface area contributed by atoms with Gasteiger partial charge in [-0.05, 0) is 31.8 Å². The van der Waals surface area contributed by atoms with Crippen molar-refractivity contribution < 1.29 is 9.59 Å². The molecule has 0 saturated heterocycles. The minimum absolute atomic E-state index is 0.0177. The molecule has 0 aromatic carbocycles. The van der Waals surface area contributed by atoms with Crippen LogP contribution in [0.4, 0.5) is 0 Å². The fourth-order valence-electron chi connectivity index (χ4n) is 1.85. The van der Waals surface area contributed by atoms with Crippen molar-refractivity contribution in [2.24, 2.45) is 0 Å². The van der Waals surface area contributed by atoms with Crippen molar-refractivity contribution in [3.05, 3.63) is 22.8 Å². The fourth-order valence-corrected chi connectivity index (χ4v) is 1.85. The summed E-state index contributed by atoms with van der Waals surface area (Å²) in [4.78, 5) is 21.7. The molecule has 0 unspecified atom stereocenters. The SMILES string of the molecule is CCCCC1=C(C)C=C(C(=O)CC=O)C1. The van der Waals surface area contributed by atoms with E-state index in [1.54, 1.807) is 0 Å². The van der Waals surface area contributed by atoms with Gasteiger partial charge in [0.05, 0.1) is 6.42 Å². The van der Waals surface area contributed by atoms with Crippen molar-refractivity contribution in [3.63, 3.8) is 0 Å². The zero-order chi connectivity index (χ0) is 11.3. The molecule has 0 aromatic heterocycles. The Morgan fingerprint density at radius 2 is 2.27 bits per heavy atom. The molecule has 0 saturated carbocycles. The standard InChI is InChI=1S/C13H18O2/c1-3-4-5-11-9-12(8-10(11)2)13(15)6-7-14/h7-8H,3-6,9H2,1-2H3. The van der Waals surface area contributed by atoms with Gasteiger partial charge < -0.3 is 4.79 Å². The van der Waals surface area contributed by atoms with Crippen LogP contribution in [0.3, 0.4) is 0 Å². The van der Waals surface area contributed by atoms with Crippen LogP contribution in [0.2, 0.25) is 0 Å². The summed E-state index contributed by atoms with van der Waals surface area (Å²) in [6.45, 7) is 4.21. The van der Waals surface area contributed by atoms with Crippen molar-refractivity contribution in [1.29, 1.82) is 0 Å². The largest absolute Gasteiger partial charge is 0.303 e. The van der Waals surface area contributed by atoms with Crippen molar-refractivity contribution >= 4 is 12.1 Å². The Bertz CT molecular complexity index is 321. The second-order valence-corrected chi connectivity index (χ2v) is 4.03. The van der Waals surface area contributed by atoms with Crippen LogP contribution in [0.5, 0.6) is 0 Å². The molecule has 0 bridgehead atoms. The Balaban J connectivity index is 2.55. The molecule has 0 radical (unpaired) electrons. The molecular formula is C13H18O2. The van der Waals surface area contributed by atoms with Gasteiger partial charge in [0.15, 0.2) is 5.78 Å². The molecule has 1 aliphatic carbocycles. The van der Waals surface area contributed by atoms with Gasteiger partial charge in [-0.1, -0.05) is 30.6 Å². The first-order valence-corrected chi connectivity index (χ1v) is 5.55. The Labute approximate surface area is 91.1 Å². The highest BCUT2D eigenvalue weighted by Gasteiger charge is 2.17. The average molecular weight is 206 g/mol. The molecule has 0 atom stereocenters. The number of hydrogen-bond donors (Lipinski definition) is 0. The third kappa shape index (κ3) is 3.15. The molecular weight excluding hydrogens is 188 g/mol.